The molecule has 2 N–H and O–H groups in total. The molecule has 9 nitrogen and oxygen atoms in total. The highest BCUT2D eigenvalue weighted by molar-refractivity contribution is 5.91. The second-order valence-electron chi connectivity index (χ2n) is 5.10. The van der Waals surface area contributed by atoms with Crippen LogP contribution in [0.4, 0.5) is 0 Å². The average molecular weight is 290 g/mol. The summed E-state index contributed by atoms with van der Waals surface area (Å²) >= 11 is 0. The van der Waals surface area contributed by atoms with E-state index in [1.54, 1.807) is 22.8 Å². The first-order valence-electron chi connectivity index (χ1n) is 6.95. The van der Waals surface area contributed by atoms with Crippen LogP contribution in [0.5, 0.6) is 0 Å². The Kier molecular flexibility index (Phi) is 3.65. The maximum absolute atomic E-state index is 12.3. The van der Waals surface area contributed by atoms with Gasteiger partial charge in [0, 0.05) is 26.6 Å². The summed E-state index contributed by atoms with van der Waals surface area (Å²) in [5, 5.41) is 16.0. The zero-order valence-electron chi connectivity index (χ0n) is 11.9. The summed E-state index contributed by atoms with van der Waals surface area (Å²) in [5.74, 6) is 1.63. The summed E-state index contributed by atoms with van der Waals surface area (Å²) in [6.07, 6.45) is 3.65. The number of rotatable bonds is 5. The predicted molar refractivity (Wildman–Crippen MR) is 73.2 cm³/mol. The largest absolute Gasteiger partial charge is 0.333 e. The van der Waals surface area contributed by atoms with Crippen LogP contribution in [0, 0.1) is 0 Å². The quantitative estimate of drug-likeness (QED) is 0.760. The Morgan fingerprint density at radius 1 is 1.43 bits per heavy atom. The molecule has 3 heterocycles. The summed E-state index contributed by atoms with van der Waals surface area (Å²) in [7, 11) is 1.72. The van der Waals surface area contributed by atoms with Gasteiger partial charge in [-0.1, -0.05) is 5.21 Å². The molecule has 0 saturated carbocycles. The molecule has 2 aromatic heterocycles. The van der Waals surface area contributed by atoms with Gasteiger partial charge < -0.3 is 15.2 Å². The predicted octanol–water partition coefficient (Wildman–Crippen LogP) is -0.953. The van der Waals surface area contributed by atoms with E-state index < -0.39 is 0 Å². The van der Waals surface area contributed by atoms with Crippen LogP contribution in [-0.4, -0.2) is 54.2 Å². The standard InChI is InChI=1S/C12H18N8O/c1-18(8-11-16-15-10-3-2-5-20(10)11)12(21)9-7-19(6-4-13)17-14-9/h7H,2-6,8,13H2,1H3. The average Bonchev–Trinajstić information content (AvgIpc) is 3.16. The van der Waals surface area contributed by atoms with Crippen molar-refractivity contribution in [1.29, 1.82) is 0 Å². The van der Waals surface area contributed by atoms with Crippen LogP contribution >= 0.6 is 0 Å². The fraction of sp³-hybridized carbons (Fsp3) is 0.583. The molecular weight excluding hydrogens is 272 g/mol. The number of amides is 1. The molecule has 0 radical (unpaired) electrons. The van der Waals surface area contributed by atoms with Gasteiger partial charge in [0.25, 0.3) is 5.91 Å². The first kappa shape index (κ1) is 13.7. The number of nitrogens with zero attached hydrogens (tertiary/aromatic N) is 7. The molecule has 0 aliphatic carbocycles. The maximum Gasteiger partial charge on any atom is 0.276 e. The molecule has 9 heteroatoms. The Morgan fingerprint density at radius 3 is 3.10 bits per heavy atom. The SMILES string of the molecule is CN(Cc1nnc2n1CCC2)C(=O)c1cn(CCN)nn1. The molecule has 0 fully saturated rings. The van der Waals surface area contributed by atoms with E-state index in [0.717, 1.165) is 31.0 Å². The Bertz CT molecular complexity index is 645. The van der Waals surface area contributed by atoms with Crippen LogP contribution in [-0.2, 0) is 26.1 Å². The van der Waals surface area contributed by atoms with Crippen LogP contribution in [0.1, 0.15) is 28.6 Å². The number of hydrogen-bond donors (Lipinski definition) is 1. The summed E-state index contributed by atoms with van der Waals surface area (Å²) in [5.41, 5.74) is 5.76. The molecule has 1 aliphatic rings. The second kappa shape index (κ2) is 5.60. The minimum atomic E-state index is -0.186. The van der Waals surface area contributed by atoms with Gasteiger partial charge in [0.2, 0.25) is 0 Å². The van der Waals surface area contributed by atoms with Crippen molar-refractivity contribution in [2.45, 2.75) is 32.5 Å². The van der Waals surface area contributed by atoms with E-state index in [1.165, 1.54) is 0 Å². The fourth-order valence-electron chi connectivity index (χ4n) is 2.45. The van der Waals surface area contributed by atoms with Gasteiger partial charge in [-0.25, -0.2) is 0 Å². The molecular formula is C12H18N8O. The fourth-order valence-corrected chi connectivity index (χ4v) is 2.45. The minimum Gasteiger partial charge on any atom is -0.333 e. The van der Waals surface area contributed by atoms with Gasteiger partial charge in [0.05, 0.1) is 19.3 Å². The Hall–Kier alpha value is -2.29. The van der Waals surface area contributed by atoms with Gasteiger partial charge in [0.1, 0.15) is 5.82 Å². The highest BCUT2D eigenvalue weighted by Crippen LogP contribution is 2.15. The number of aryl methyl sites for hydroxylation is 1. The topological polar surface area (TPSA) is 108 Å². The molecule has 0 bridgehead atoms. The third kappa shape index (κ3) is 2.64. The minimum absolute atomic E-state index is 0.186. The van der Waals surface area contributed by atoms with Crippen LogP contribution in [0.25, 0.3) is 0 Å². The summed E-state index contributed by atoms with van der Waals surface area (Å²) in [6.45, 7) is 2.34. The zero-order valence-corrected chi connectivity index (χ0v) is 11.9. The van der Waals surface area contributed by atoms with Gasteiger partial charge in [-0.3, -0.25) is 9.48 Å². The van der Waals surface area contributed by atoms with E-state index >= 15 is 0 Å². The number of carbonyl (C=O) groups excluding carboxylic acids is 1. The lowest BCUT2D eigenvalue weighted by atomic mass is 10.4. The summed E-state index contributed by atoms with van der Waals surface area (Å²) in [4.78, 5) is 13.9. The lowest BCUT2D eigenvalue weighted by Gasteiger charge is -2.15. The van der Waals surface area contributed by atoms with Crippen LogP contribution < -0.4 is 5.73 Å². The second-order valence-corrected chi connectivity index (χ2v) is 5.10. The highest BCUT2D eigenvalue weighted by atomic mass is 16.2. The number of carbonyl (C=O) groups is 1. The number of aromatic nitrogens is 6. The van der Waals surface area contributed by atoms with Crippen molar-refractivity contribution >= 4 is 5.91 Å². The van der Waals surface area contributed by atoms with Gasteiger partial charge in [-0.2, -0.15) is 0 Å². The third-order valence-corrected chi connectivity index (χ3v) is 3.53. The number of fused-ring (bicyclic) bond motifs is 1. The Morgan fingerprint density at radius 2 is 2.29 bits per heavy atom. The first-order chi connectivity index (χ1) is 10.2. The molecule has 112 valence electrons. The van der Waals surface area contributed by atoms with Gasteiger partial charge in [-0.15, -0.1) is 15.3 Å². The number of nitrogens with two attached hydrogens (primary N) is 1. The molecule has 0 atom stereocenters. The molecule has 2 aromatic rings. The summed E-state index contributed by atoms with van der Waals surface area (Å²) in [6, 6.07) is 0. The molecule has 21 heavy (non-hydrogen) atoms. The molecule has 3 rings (SSSR count). The first-order valence-corrected chi connectivity index (χ1v) is 6.95. The van der Waals surface area contributed by atoms with Crippen LogP contribution in [0.2, 0.25) is 0 Å². The van der Waals surface area contributed by atoms with E-state index in [1.807, 2.05) is 0 Å². The van der Waals surface area contributed by atoms with Crippen molar-refractivity contribution in [3.63, 3.8) is 0 Å². The van der Waals surface area contributed by atoms with Gasteiger partial charge in [0.15, 0.2) is 11.5 Å². The smallest absolute Gasteiger partial charge is 0.276 e. The monoisotopic (exact) mass is 290 g/mol. The normalized spacial score (nSPS) is 13.4. The Labute approximate surface area is 121 Å². The van der Waals surface area contributed by atoms with E-state index in [-0.39, 0.29) is 5.91 Å². The molecule has 1 aliphatic heterocycles. The van der Waals surface area contributed by atoms with E-state index in [2.05, 4.69) is 25.1 Å². The van der Waals surface area contributed by atoms with Crippen LogP contribution in [0.3, 0.4) is 0 Å². The molecule has 1 amide bonds. The van der Waals surface area contributed by atoms with E-state index in [0.29, 0.717) is 25.3 Å². The van der Waals surface area contributed by atoms with E-state index in [9.17, 15) is 4.79 Å². The highest BCUT2D eigenvalue weighted by Gasteiger charge is 2.21. The van der Waals surface area contributed by atoms with Crippen molar-refractivity contribution in [2.75, 3.05) is 13.6 Å². The molecule has 0 unspecified atom stereocenters. The zero-order chi connectivity index (χ0) is 14.8. The molecule has 0 saturated heterocycles. The lowest BCUT2D eigenvalue weighted by molar-refractivity contribution is 0.0774. The van der Waals surface area contributed by atoms with Crippen molar-refractivity contribution in [2.24, 2.45) is 5.73 Å². The molecule has 0 aromatic carbocycles. The summed E-state index contributed by atoms with van der Waals surface area (Å²) < 4.78 is 3.64. The Balaban J connectivity index is 1.69. The lowest BCUT2D eigenvalue weighted by Crippen LogP contribution is -2.28. The van der Waals surface area contributed by atoms with Crippen molar-refractivity contribution in [3.05, 3.63) is 23.5 Å². The van der Waals surface area contributed by atoms with Crippen molar-refractivity contribution < 1.29 is 4.79 Å². The maximum atomic E-state index is 12.3. The van der Waals surface area contributed by atoms with Gasteiger partial charge in [-0.05, 0) is 6.42 Å². The van der Waals surface area contributed by atoms with Crippen molar-refractivity contribution in [1.82, 2.24) is 34.7 Å². The molecule has 0 spiro atoms. The van der Waals surface area contributed by atoms with Crippen molar-refractivity contribution in [3.8, 4) is 0 Å². The van der Waals surface area contributed by atoms with E-state index in [4.69, 9.17) is 5.73 Å². The van der Waals surface area contributed by atoms with Gasteiger partial charge >= 0.3 is 0 Å². The number of hydrogen-bond acceptors (Lipinski definition) is 6. The third-order valence-electron chi connectivity index (χ3n) is 3.53. The van der Waals surface area contributed by atoms with Crippen LogP contribution in [0.15, 0.2) is 6.20 Å².